The third-order valence-corrected chi connectivity index (χ3v) is 6.04. The number of esters is 1. The molecule has 152 valence electrons. The number of sulfonamides is 1. The Balaban J connectivity index is 1.83. The van der Waals surface area contributed by atoms with Crippen LogP contribution in [0.2, 0.25) is 0 Å². The predicted octanol–water partition coefficient (Wildman–Crippen LogP) is 3.08. The summed E-state index contributed by atoms with van der Waals surface area (Å²) in [6, 6.07) is 13.5. The number of hydrogen-bond acceptors (Lipinski definition) is 6. The van der Waals surface area contributed by atoms with Gasteiger partial charge >= 0.3 is 5.97 Å². The monoisotopic (exact) mass is 432 g/mol. The van der Waals surface area contributed by atoms with E-state index in [4.69, 9.17) is 9.47 Å². The molecule has 1 heterocycles. The Morgan fingerprint density at radius 1 is 1.10 bits per heavy atom. The Morgan fingerprint density at radius 3 is 2.45 bits per heavy atom. The molecule has 0 fully saturated rings. The van der Waals surface area contributed by atoms with Crippen molar-refractivity contribution in [3.05, 3.63) is 70.5 Å². The Labute approximate surface area is 172 Å². The van der Waals surface area contributed by atoms with Crippen molar-refractivity contribution in [2.45, 2.75) is 18.7 Å². The van der Waals surface area contributed by atoms with Crippen LogP contribution in [0.25, 0.3) is 5.69 Å². The van der Waals surface area contributed by atoms with E-state index in [1.54, 1.807) is 71.6 Å². The molecule has 0 radical (unpaired) electrons. The van der Waals surface area contributed by atoms with E-state index in [0.717, 1.165) is 5.56 Å². The first-order valence-corrected chi connectivity index (χ1v) is 11.1. The molecule has 0 atom stereocenters. The van der Waals surface area contributed by atoms with Crippen molar-refractivity contribution in [3.8, 4) is 11.4 Å². The zero-order chi connectivity index (χ0) is 20.9. The predicted molar refractivity (Wildman–Crippen MR) is 110 cm³/mol. The van der Waals surface area contributed by atoms with Gasteiger partial charge in [0.1, 0.15) is 5.75 Å². The molecule has 29 heavy (non-hydrogen) atoms. The van der Waals surface area contributed by atoms with Crippen molar-refractivity contribution in [2.24, 2.45) is 4.40 Å². The van der Waals surface area contributed by atoms with Crippen LogP contribution in [0.5, 0.6) is 5.75 Å². The minimum Gasteiger partial charge on any atom is -0.482 e. The van der Waals surface area contributed by atoms with Crippen molar-refractivity contribution in [1.29, 1.82) is 0 Å². The van der Waals surface area contributed by atoms with Crippen LogP contribution in [-0.2, 0) is 19.6 Å². The number of nitrogens with zero attached hydrogens (tertiary/aromatic N) is 2. The lowest BCUT2D eigenvalue weighted by Gasteiger charge is -2.07. The highest BCUT2D eigenvalue weighted by atomic mass is 32.2. The topological polar surface area (TPSA) is 87.0 Å². The second kappa shape index (κ2) is 9.06. The van der Waals surface area contributed by atoms with Crippen molar-refractivity contribution in [2.75, 3.05) is 13.2 Å². The second-order valence-electron chi connectivity index (χ2n) is 6.02. The summed E-state index contributed by atoms with van der Waals surface area (Å²) < 4.78 is 41.1. The van der Waals surface area contributed by atoms with Crippen LogP contribution in [0, 0.1) is 6.92 Å². The molecule has 1 aromatic heterocycles. The van der Waals surface area contributed by atoms with Crippen molar-refractivity contribution in [1.82, 2.24) is 4.57 Å². The zero-order valence-electron chi connectivity index (χ0n) is 15.9. The molecule has 0 bridgehead atoms. The number of aryl methyl sites for hydroxylation is 1. The normalized spacial score (nSPS) is 12.0. The smallest absolute Gasteiger partial charge is 0.344 e. The second-order valence-corrected chi connectivity index (χ2v) is 8.50. The molecule has 0 aliphatic carbocycles. The fourth-order valence-corrected chi connectivity index (χ4v) is 4.38. The summed E-state index contributed by atoms with van der Waals surface area (Å²) in [5.74, 6) is 0.0644. The molecule has 0 saturated carbocycles. The molecule has 3 aromatic rings. The van der Waals surface area contributed by atoms with Crippen molar-refractivity contribution >= 4 is 27.3 Å². The van der Waals surface area contributed by atoms with Gasteiger partial charge in [0.05, 0.1) is 11.5 Å². The minimum atomic E-state index is -3.82. The highest BCUT2D eigenvalue weighted by molar-refractivity contribution is 7.90. The van der Waals surface area contributed by atoms with Gasteiger partial charge in [-0.15, -0.1) is 15.7 Å². The summed E-state index contributed by atoms with van der Waals surface area (Å²) in [6.45, 7) is 3.75. The van der Waals surface area contributed by atoms with E-state index in [2.05, 4.69) is 4.40 Å². The Kier molecular flexibility index (Phi) is 6.50. The maximum atomic E-state index is 12.6. The first-order chi connectivity index (χ1) is 13.9. The van der Waals surface area contributed by atoms with Crippen LogP contribution in [0.15, 0.2) is 69.4 Å². The van der Waals surface area contributed by atoms with Gasteiger partial charge < -0.3 is 9.47 Å². The van der Waals surface area contributed by atoms with Gasteiger partial charge in [-0.3, -0.25) is 4.57 Å². The van der Waals surface area contributed by atoms with E-state index in [9.17, 15) is 13.2 Å². The summed E-state index contributed by atoms with van der Waals surface area (Å²) in [7, 11) is -3.82. The van der Waals surface area contributed by atoms with Crippen LogP contribution in [0.4, 0.5) is 0 Å². The average molecular weight is 433 g/mol. The van der Waals surface area contributed by atoms with E-state index < -0.39 is 16.0 Å². The van der Waals surface area contributed by atoms with Gasteiger partial charge in [-0.1, -0.05) is 17.7 Å². The number of thiazole rings is 1. The quantitative estimate of drug-likeness (QED) is 0.536. The highest BCUT2D eigenvalue weighted by Gasteiger charge is 2.13. The number of carbonyl (C=O) groups excluding carboxylic acids is 1. The van der Waals surface area contributed by atoms with Gasteiger partial charge in [-0.25, -0.2) is 4.79 Å². The van der Waals surface area contributed by atoms with Gasteiger partial charge in [-0.05, 0) is 50.2 Å². The molecule has 0 spiro atoms. The standard InChI is InChI=1S/C20H20N2O5S2/c1-3-26-19(23)14-27-17-8-6-16(7-9-17)22-12-13-28-20(22)21-29(24,25)18-10-4-15(2)5-11-18/h4-13H,3,14H2,1-2H3/b21-20+. The molecule has 0 amide bonds. The largest absolute Gasteiger partial charge is 0.482 e. The molecule has 0 aliphatic rings. The third-order valence-electron chi connectivity index (χ3n) is 3.88. The van der Waals surface area contributed by atoms with Crippen LogP contribution in [0.1, 0.15) is 12.5 Å². The van der Waals surface area contributed by atoms with E-state index in [1.807, 2.05) is 6.92 Å². The average Bonchev–Trinajstić information content (AvgIpc) is 3.15. The molecule has 2 aromatic carbocycles. The first kappa shape index (κ1) is 20.8. The van der Waals surface area contributed by atoms with Crippen LogP contribution >= 0.6 is 11.3 Å². The molecule has 0 aliphatic heterocycles. The van der Waals surface area contributed by atoms with Crippen LogP contribution < -0.4 is 9.54 Å². The third kappa shape index (κ3) is 5.33. The van der Waals surface area contributed by atoms with Crippen molar-refractivity contribution in [3.63, 3.8) is 0 Å². The highest BCUT2D eigenvalue weighted by Crippen LogP contribution is 2.16. The summed E-state index contributed by atoms with van der Waals surface area (Å²) in [4.78, 5) is 11.8. The summed E-state index contributed by atoms with van der Waals surface area (Å²) >= 11 is 1.22. The van der Waals surface area contributed by atoms with E-state index in [-0.39, 0.29) is 11.5 Å². The number of ether oxygens (including phenoxy) is 2. The molecule has 0 N–H and O–H groups in total. The molecular formula is C20H20N2O5S2. The number of hydrogen-bond donors (Lipinski definition) is 0. The summed E-state index contributed by atoms with van der Waals surface area (Å²) in [5, 5.41) is 1.76. The van der Waals surface area contributed by atoms with E-state index >= 15 is 0 Å². The van der Waals surface area contributed by atoms with Crippen LogP contribution in [0.3, 0.4) is 0 Å². The molecule has 9 heteroatoms. The number of benzene rings is 2. The molecule has 7 nitrogen and oxygen atoms in total. The number of rotatable bonds is 7. The Bertz CT molecular complexity index is 1140. The zero-order valence-corrected chi connectivity index (χ0v) is 17.6. The van der Waals surface area contributed by atoms with Gasteiger partial charge in [0, 0.05) is 17.3 Å². The van der Waals surface area contributed by atoms with Gasteiger partial charge in [0.2, 0.25) is 4.80 Å². The number of aromatic nitrogens is 1. The summed E-state index contributed by atoms with van der Waals surface area (Å²) in [6.07, 6.45) is 1.74. The Hall–Kier alpha value is -2.91. The Morgan fingerprint density at radius 2 is 1.79 bits per heavy atom. The maximum absolute atomic E-state index is 12.6. The molecule has 0 saturated heterocycles. The lowest BCUT2D eigenvalue weighted by molar-refractivity contribution is -0.145. The fourth-order valence-electron chi connectivity index (χ4n) is 2.45. The van der Waals surface area contributed by atoms with Gasteiger partial charge in [0.25, 0.3) is 10.0 Å². The molecule has 0 unspecified atom stereocenters. The van der Waals surface area contributed by atoms with E-state index in [0.29, 0.717) is 22.8 Å². The fraction of sp³-hybridized carbons (Fsp3) is 0.200. The SMILES string of the molecule is CCOC(=O)COc1ccc(-n2ccs/c2=N/S(=O)(=O)c2ccc(C)cc2)cc1. The summed E-state index contributed by atoms with van der Waals surface area (Å²) in [5.41, 5.74) is 1.69. The number of carbonyl (C=O) groups is 1. The lowest BCUT2D eigenvalue weighted by atomic mass is 10.2. The molecular weight excluding hydrogens is 412 g/mol. The van der Waals surface area contributed by atoms with Crippen LogP contribution in [-0.4, -0.2) is 32.2 Å². The van der Waals surface area contributed by atoms with Gasteiger partial charge in [0.15, 0.2) is 6.61 Å². The van der Waals surface area contributed by atoms with Crippen molar-refractivity contribution < 1.29 is 22.7 Å². The van der Waals surface area contributed by atoms with Gasteiger partial charge in [-0.2, -0.15) is 8.42 Å². The first-order valence-electron chi connectivity index (χ1n) is 8.82. The molecule has 3 rings (SSSR count). The van der Waals surface area contributed by atoms with E-state index in [1.165, 1.54) is 11.3 Å². The minimum absolute atomic E-state index is 0.144. The maximum Gasteiger partial charge on any atom is 0.344 e. The lowest BCUT2D eigenvalue weighted by Crippen LogP contribution is -2.15.